The monoisotopic (exact) mass is 289 g/mol. The lowest BCUT2D eigenvalue weighted by Gasteiger charge is -2.21. The van der Waals surface area contributed by atoms with Crippen molar-refractivity contribution in [2.75, 3.05) is 6.61 Å². The Morgan fingerprint density at radius 1 is 1.29 bits per heavy atom. The van der Waals surface area contributed by atoms with Gasteiger partial charge in [0.2, 0.25) is 0 Å². The lowest BCUT2D eigenvalue weighted by Crippen LogP contribution is -2.18. The van der Waals surface area contributed by atoms with Crippen LogP contribution in [-0.2, 0) is 22.4 Å². The van der Waals surface area contributed by atoms with Gasteiger partial charge in [0.1, 0.15) is 0 Å². The fraction of sp³-hybridized carbons (Fsp3) is 0.611. The van der Waals surface area contributed by atoms with Gasteiger partial charge in [0.05, 0.1) is 6.61 Å². The number of hydrogen-bond acceptors (Lipinski definition) is 3. The Bertz CT molecular complexity index is 484. The van der Waals surface area contributed by atoms with Crippen LogP contribution in [0.4, 0.5) is 0 Å². The molecular weight excluding hydrogens is 262 g/mol. The van der Waals surface area contributed by atoms with E-state index < -0.39 is 0 Å². The van der Waals surface area contributed by atoms with Crippen LogP contribution in [0.3, 0.4) is 0 Å². The van der Waals surface area contributed by atoms with Crippen molar-refractivity contribution in [2.45, 2.75) is 58.4 Å². The summed E-state index contributed by atoms with van der Waals surface area (Å²) in [5.74, 6) is 0.123. The summed E-state index contributed by atoms with van der Waals surface area (Å²) in [5.41, 5.74) is 10.5. The van der Waals surface area contributed by atoms with E-state index in [1.807, 2.05) is 6.92 Å². The van der Waals surface area contributed by atoms with E-state index in [1.54, 1.807) is 0 Å². The smallest absolute Gasteiger partial charge is 0.306 e. The summed E-state index contributed by atoms with van der Waals surface area (Å²) in [6.07, 6.45) is 6.22. The van der Waals surface area contributed by atoms with Crippen molar-refractivity contribution in [3.63, 3.8) is 0 Å². The lowest BCUT2D eigenvalue weighted by atomic mass is 9.87. The number of aryl methyl sites for hydroxylation is 2. The summed E-state index contributed by atoms with van der Waals surface area (Å²) in [4.78, 5) is 11.5. The average molecular weight is 289 g/mol. The third kappa shape index (κ3) is 4.57. The second-order valence-electron chi connectivity index (χ2n) is 6.19. The van der Waals surface area contributed by atoms with Crippen molar-refractivity contribution in [2.24, 2.45) is 11.7 Å². The molecule has 0 fully saturated rings. The van der Waals surface area contributed by atoms with Crippen molar-refractivity contribution in [3.05, 3.63) is 34.9 Å². The molecule has 0 aliphatic heterocycles. The first-order valence-electron chi connectivity index (χ1n) is 8.13. The highest BCUT2D eigenvalue weighted by Gasteiger charge is 2.17. The van der Waals surface area contributed by atoms with Crippen LogP contribution in [0.2, 0.25) is 0 Å². The van der Waals surface area contributed by atoms with Crippen LogP contribution >= 0.6 is 0 Å². The Balaban J connectivity index is 1.93. The number of fused-ring (bicyclic) bond motifs is 1. The molecule has 0 saturated carbocycles. The predicted molar refractivity (Wildman–Crippen MR) is 85.0 cm³/mol. The zero-order chi connectivity index (χ0) is 15.2. The van der Waals surface area contributed by atoms with Crippen LogP contribution in [-0.4, -0.2) is 12.6 Å². The number of rotatable bonds is 6. The predicted octanol–water partition coefficient (Wildman–Crippen LogP) is 3.54. The molecule has 0 amide bonds. The molecule has 2 unspecified atom stereocenters. The van der Waals surface area contributed by atoms with Crippen molar-refractivity contribution < 1.29 is 9.53 Å². The number of carbonyl (C=O) groups is 1. The summed E-state index contributed by atoms with van der Waals surface area (Å²) < 4.78 is 4.99. The van der Waals surface area contributed by atoms with Crippen LogP contribution in [0.25, 0.3) is 0 Å². The van der Waals surface area contributed by atoms with Crippen molar-refractivity contribution in [1.29, 1.82) is 0 Å². The highest BCUT2D eigenvalue weighted by atomic mass is 16.5. The highest BCUT2D eigenvalue weighted by Crippen LogP contribution is 2.27. The average Bonchev–Trinajstić information content (AvgIpc) is 2.46. The Kier molecular flexibility index (Phi) is 5.80. The van der Waals surface area contributed by atoms with Gasteiger partial charge in [0, 0.05) is 12.5 Å². The molecular formula is C18H27NO2. The third-order valence-electron chi connectivity index (χ3n) is 4.28. The van der Waals surface area contributed by atoms with Crippen molar-refractivity contribution in [3.8, 4) is 0 Å². The molecule has 2 N–H and O–H groups in total. The molecule has 2 atom stereocenters. The van der Waals surface area contributed by atoms with Crippen LogP contribution in [0, 0.1) is 5.92 Å². The molecule has 21 heavy (non-hydrogen) atoms. The minimum Gasteiger partial charge on any atom is -0.466 e. The number of carbonyl (C=O) groups excluding carboxylic acids is 1. The first-order valence-corrected chi connectivity index (χ1v) is 8.13. The van der Waals surface area contributed by atoms with Gasteiger partial charge in [-0.15, -0.1) is 0 Å². The number of esters is 1. The Labute approximate surface area is 127 Å². The second kappa shape index (κ2) is 7.60. The minimum absolute atomic E-state index is 0.00153. The van der Waals surface area contributed by atoms with E-state index in [4.69, 9.17) is 10.5 Å². The molecule has 1 aromatic carbocycles. The SMILES string of the molecule is CCOC(=O)CC(C)CC(N)c1ccc2c(c1)CCCC2. The van der Waals surface area contributed by atoms with E-state index >= 15 is 0 Å². The van der Waals surface area contributed by atoms with Crippen LogP contribution in [0.1, 0.15) is 62.3 Å². The summed E-state index contributed by atoms with van der Waals surface area (Å²) in [6, 6.07) is 6.67. The van der Waals surface area contributed by atoms with E-state index in [1.165, 1.54) is 42.4 Å². The normalized spacial score (nSPS) is 16.9. The van der Waals surface area contributed by atoms with Gasteiger partial charge in [-0.3, -0.25) is 4.79 Å². The molecule has 3 heteroatoms. The van der Waals surface area contributed by atoms with Gasteiger partial charge in [0.15, 0.2) is 0 Å². The standard InChI is InChI=1S/C18H27NO2/c1-3-21-18(20)11-13(2)10-17(19)16-9-8-14-6-4-5-7-15(14)12-16/h8-9,12-13,17H,3-7,10-11,19H2,1-2H3. The van der Waals surface area contributed by atoms with E-state index in [0.717, 1.165) is 6.42 Å². The molecule has 0 heterocycles. The summed E-state index contributed by atoms with van der Waals surface area (Å²) in [5, 5.41) is 0. The number of benzene rings is 1. The summed E-state index contributed by atoms with van der Waals surface area (Å²) in [6.45, 7) is 4.35. The van der Waals surface area contributed by atoms with Crippen LogP contribution < -0.4 is 5.73 Å². The summed E-state index contributed by atoms with van der Waals surface area (Å²) >= 11 is 0. The van der Waals surface area contributed by atoms with Crippen LogP contribution in [0.5, 0.6) is 0 Å². The number of nitrogens with two attached hydrogens (primary N) is 1. The lowest BCUT2D eigenvalue weighted by molar-refractivity contribution is -0.144. The maximum atomic E-state index is 11.5. The fourth-order valence-corrected chi connectivity index (χ4v) is 3.14. The van der Waals surface area contributed by atoms with Gasteiger partial charge >= 0.3 is 5.97 Å². The van der Waals surface area contributed by atoms with E-state index in [2.05, 4.69) is 25.1 Å². The third-order valence-corrected chi connectivity index (χ3v) is 4.28. The van der Waals surface area contributed by atoms with E-state index in [-0.39, 0.29) is 17.9 Å². The van der Waals surface area contributed by atoms with E-state index in [0.29, 0.717) is 13.0 Å². The van der Waals surface area contributed by atoms with Crippen LogP contribution in [0.15, 0.2) is 18.2 Å². The molecule has 116 valence electrons. The summed E-state index contributed by atoms with van der Waals surface area (Å²) in [7, 11) is 0. The van der Waals surface area contributed by atoms with Gasteiger partial charge < -0.3 is 10.5 Å². The first-order chi connectivity index (χ1) is 10.1. The van der Waals surface area contributed by atoms with Gasteiger partial charge in [-0.05, 0) is 61.6 Å². The molecule has 1 aliphatic carbocycles. The molecule has 0 bridgehead atoms. The quantitative estimate of drug-likeness (QED) is 0.815. The molecule has 0 radical (unpaired) electrons. The molecule has 3 nitrogen and oxygen atoms in total. The molecule has 1 aliphatic rings. The Morgan fingerprint density at radius 2 is 2.00 bits per heavy atom. The zero-order valence-corrected chi connectivity index (χ0v) is 13.2. The zero-order valence-electron chi connectivity index (χ0n) is 13.2. The van der Waals surface area contributed by atoms with Crippen molar-refractivity contribution in [1.82, 2.24) is 0 Å². The van der Waals surface area contributed by atoms with Gasteiger partial charge in [-0.1, -0.05) is 25.1 Å². The van der Waals surface area contributed by atoms with Gasteiger partial charge in [-0.25, -0.2) is 0 Å². The molecule has 0 saturated heterocycles. The fourth-order valence-electron chi connectivity index (χ4n) is 3.14. The topological polar surface area (TPSA) is 52.3 Å². The molecule has 1 aromatic rings. The minimum atomic E-state index is -0.123. The number of ether oxygens (including phenoxy) is 1. The first kappa shape index (κ1) is 16.0. The maximum Gasteiger partial charge on any atom is 0.306 e. The largest absolute Gasteiger partial charge is 0.466 e. The van der Waals surface area contributed by atoms with Crippen molar-refractivity contribution >= 4 is 5.97 Å². The van der Waals surface area contributed by atoms with Gasteiger partial charge in [0.25, 0.3) is 0 Å². The Hall–Kier alpha value is -1.35. The van der Waals surface area contributed by atoms with Gasteiger partial charge in [-0.2, -0.15) is 0 Å². The second-order valence-corrected chi connectivity index (χ2v) is 6.19. The highest BCUT2D eigenvalue weighted by molar-refractivity contribution is 5.69. The number of hydrogen-bond donors (Lipinski definition) is 1. The molecule has 2 rings (SSSR count). The molecule has 0 aromatic heterocycles. The maximum absolute atomic E-state index is 11.5. The Morgan fingerprint density at radius 3 is 2.71 bits per heavy atom. The molecule has 0 spiro atoms. The van der Waals surface area contributed by atoms with E-state index in [9.17, 15) is 4.79 Å².